The number of aromatic hydroxyl groups is 1. The molecule has 0 aliphatic rings. The average Bonchev–Trinajstić information content (AvgIpc) is 2.91. The Morgan fingerprint density at radius 3 is 2.76 bits per heavy atom. The number of ether oxygens (including phenoxy) is 1. The number of phenolic OH excluding ortho intramolecular Hbond substituents is 1. The second kappa shape index (κ2) is 7.20. The molecule has 0 radical (unpaired) electrons. The molecule has 0 amide bonds. The summed E-state index contributed by atoms with van der Waals surface area (Å²) in [6.07, 6.45) is 3.72. The molecule has 1 N–H and O–H groups in total. The summed E-state index contributed by atoms with van der Waals surface area (Å²) in [5.74, 6) is 0.227. The minimum atomic E-state index is -1.10. The van der Waals surface area contributed by atoms with Gasteiger partial charge < -0.3 is 14.4 Å². The highest BCUT2D eigenvalue weighted by atomic mass is 35.5. The lowest BCUT2D eigenvalue weighted by Crippen LogP contribution is -2.21. The zero-order valence-corrected chi connectivity index (χ0v) is 16.5. The van der Waals surface area contributed by atoms with Gasteiger partial charge in [-0.3, -0.25) is 0 Å². The fourth-order valence-corrected chi connectivity index (χ4v) is 3.76. The lowest BCUT2D eigenvalue weighted by molar-refractivity contribution is 0.0903. The zero-order chi connectivity index (χ0) is 18.0. The Bertz CT molecular complexity index is 887. The molecule has 0 atom stereocenters. The van der Waals surface area contributed by atoms with E-state index >= 15 is 0 Å². The third-order valence-corrected chi connectivity index (χ3v) is 6.12. The molecule has 132 valence electrons. The van der Waals surface area contributed by atoms with Gasteiger partial charge in [0.15, 0.2) is 0 Å². The molecule has 3 rings (SSSR count). The van der Waals surface area contributed by atoms with Crippen LogP contribution in [-0.4, -0.2) is 29.3 Å². The van der Waals surface area contributed by atoms with Crippen LogP contribution in [0.15, 0.2) is 42.7 Å². The molecule has 0 saturated carbocycles. The summed E-state index contributed by atoms with van der Waals surface area (Å²) < 4.78 is 7.95. The number of aromatic nitrogens is 2. The van der Waals surface area contributed by atoms with E-state index in [9.17, 15) is 5.11 Å². The monoisotopic (exact) mass is 374 g/mol. The number of hydrogen-bond donors (Lipinski definition) is 1. The Hall–Kier alpha value is -1.82. The van der Waals surface area contributed by atoms with Gasteiger partial charge in [-0.05, 0) is 29.8 Å². The number of benzene rings is 1. The first-order valence-corrected chi connectivity index (χ1v) is 12.4. The predicted molar refractivity (Wildman–Crippen MR) is 106 cm³/mol. The second-order valence-electron chi connectivity index (χ2n) is 7.41. The van der Waals surface area contributed by atoms with Crippen molar-refractivity contribution in [1.29, 1.82) is 0 Å². The lowest BCUT2D eigenvalue weighted by Gasteiger charge is -2.15. The van der Waals surface area contributed by atoms with E-state index in [1.807, 2.05) is 29.0 Å². The Labute approximate surface area is 154 Å². The highest BCUT2D eigenvalue weighted by Gasteiger charge is 2.15. The molecule has 25 heavy (non-hydrogen) atoms. The van der Waals surface area contributed by atoms with Crippen LogP contribution in [0.3, 0.4) is 0 Å². The third kappa shape index (κ3) is 4.23. The van der Waals surface area contributed by atoms with E-state index in [1.54, 1.807) is 18.3 Å². The largest absolute Gasteiger partial charge is 0.508 e. The molecule has 0 fully saturated rings. The summed E-state index contributed by atoms with van der Waals surface area (Å²) in [6, 6.07) is 10.2. The summed E-state index contributed by atoms with van der Waals surface area (Å²) in [5, 5.41) is 11.1. The average molecular weight is 375 g/mol. The third-order valence-electron chi connectivity index (χ3n) is 4.13. The summed E-state index contributed by atoms with van der Waals surface area (Å²) in [6.45, 7) is 8.25. The maximum Gasteiger partial charge on any atom is 0.138 e. The van der Waals surface area contributed by atoms with Crippen molar-refractivity contribution in [2.24, 2.45) is 0 Å². The molecule has 0 spiro atoms. The summed E-state index contributed by atoms with van der Waals surface area (Å²) in [4.78, 5) is 4.21. The van der Waals surface area contributed by atoms with Crippen LogP contribution >= 0.6 is 11.6 Å². The minimum absolute atomic E-state index is 0.227. The molecule has 1 aromatic carbocycles. The van der Waals surface area contributed by atoms with Gasteiger partial charge in [0.1, 0.15) is 17.6 Å². The number of halogens is 1. The van der Waals surface area contributed by atoms with Crippen LogP contribution in [0.5, 0.6) is 5.75 Å². The van der Waals surface area contributed by atoms with Crippen LogP contribution < -0.4 is 0 Å². The highest BCUT2D eigenvalue weighted by Crippen LogP contribution is 2.35. The van der Waals surface area contributed by atoms with E-state index in [0.717, 1.165) is 34.7 Å². The van der Waals surface area contributed by atoms with Crippen LogP contribution in [0.1, 0.15) is 0 Å². The van der Waals surface area contributed by atoms with Gasteiger partial charge in [0, 0.05) is 38.0 Å². The number of nitrogens with zero attached hydrogens (tertiary/aromatic N) is 2. The first-order chi connectivity index (χ1) is 11.8. The van der Waals surface area contributed by atoms with Crippen molar-refractivity contribution in [3.8, 4) is 16.9 Å². The molecule has 2 heterocycles. The van der Waals surface area contributed by atoms with Crippen molar-refractivity contribution < 1.29 is 9.84 Å². The topological polar surface area (TPSA) is 47.3 Å². The van der Waals surface area contributed by atoms with Crippen molar-refractivity contribution in [3.63, 3.8) is 0 Å². The minimum Gasteiger partial charge on any atom is -0.508 e. The zero-order valence-electron chi connectivity index (χ0n) is 14.8. The van der Waals surface area contributed by atoms with Crippen molar-refractivity contribution in [3.05, 3.63) is 47.9 Å². The van der Waals surface area contributed by atoms with Crippen molar-refractivity contribution in [2.75, 3.05) is 6.61 Å². The molecule has 0 aliphatic heterocycles. The molecule has 4 nitrogen and oxygen atoms in total. The van der Waals surface area contributed by atoms with Crippen molar-refractivity contribution in [1.82, 2.24) is 9.55 Å². The molecule has 3 aromatic rings. The normalized spacial score (nSPS) is 12.0. The van der Waals surface area contributed by atoms with E-state index in [2.05, 4.69) is 24.6 Å². The Morgan fingerprint density at radius 2 is 2.04 bits per heavy atom. The predicted octanol–water partition coefficient (Wildman–Crippen LogP) is 5.37. The Morgan fingerprint density at radius 1 is 1.24 bits per heavy atom. The number of pyridine rings is 1. The molecule has 0 aliphatic carbocycles. The molecular formula is C19H23ClN2O2Si. The van der Waals surface area contributed by atoms with Gasteiger partial charge in [-0.15, -0.1) is 0 Å². The number of hydrogen-bond acceptors (Lipinski definition) is 3. The molecule has 2 aromatic heterocycles. The first kappa shape index (κ1) is 18.0. The molecule has 0 unspecified atom stereocenters. The quantitative estimate of drug-likeness (QED) is 0.358. The highest BCUT2D eigenvalue weighted by molar-refractivity contribution is 6.76. The van der Waals surface area contributed by atoms with Gasteiger partial charge in [-0.1, -0.05) is 43.4 Å². The van der Waals surface area contributed by atoms with Gasteiger partial charge in [0.2, 0.25) is 0 Å². The van der Waals surface area contributed by atoms with E-state index in [4.69, 9.17) is 16.3 Å². The molecule has 0 saturated heterocycles. The van der Waals surface area contributed by atoms with E-state index in [0.29, 0.717) is 11.9 Å². The fraction of sp³-hybridized carbons (Fsp3) is 0.316. The van der Waals surface area contributed by atoms with Gasteiger partial charge >= 0.3 is 0 Å². The van der Waals surface area contributed by atoms with E-state index < -0.39 is 8.07 Å². The van der Waals surface area contributed by atoms with Crippen molar-refractivity contribution >= 4 is 30.6 Å². The van der Waals surface area contributed by atoms with Gasteiger partial charge in [0.05, 0.1) is 5.52 Å². The maximum atomic E-state index is 9.80. The summed E-state index contributed by atoms with van der Waals surface area (Å²) in [7, 11) is -1.10. The Kier molecular flexibility index (Phi) is 5.18. The lowest BCUT2D eigenvalue weighted by atomic mass is 10.1. The van der Waals surface area contributed by atoms with E-state index in [-0.39, 0.29) is 5.75 Å². The van der Waals surface area contributed by atoms with Gasteiger partial charge in [-0.2, -0.15) is 0 Å². The smallest absolute Gasteiger partial charge is 0.138 e. The molecular weight excluding hydrogens is 352 g/mol. The van der Waals surface area contributed by atoms with Crippen LogP contribution in [0.25, 0.3) is 22.0 Å². The number of fused-ring (bicyclic) bond motifs is 1. The maximum absolute atomic E-state index is 9.80. The molecule has 6 heteroatoms. The Balaban J connectivity index is 1.93. The van der Waals surface area contributed by atoms with Gasteiger partial charge in [-0.25, -0.2) is 4.98 Å². The van der Waals surface area contributed by atoms with Crippen LogP contribution in [0.2, 0.25) is 30.8 Å². The van der Waals surface area contributed by atoms with Crippen LogP contribution in [0.4, 0.5) is 0 Å². The number of rotatable bonds is 6. The van der Waals surface area contributed by atoms with Crippen molar-refractivity contribution in [2.45, 2.75) is 32.4 Å². The first-order valence-electron chi connectivity index (χ1n) is 8.36. The standard InChI is InChI=1S/C19H23ClN2O2Si/c1-25(2,3)10-9-24-13-22-12-16(14-5-4-6-15(23)11-14)18-17(22)7-8-21-19(18)20/h4-8,11-12,23H,9-10,13H2,1-3H3. The summed E-state index contributed by atoms with van der Waals surface area (Å²) >= 11 is 6.36. The summed E-state index contributed by atoms with van der Waals surface area (Å²) in [5.41, 5.74) is 2.82. The molecule has 0 bridgehead atoms. The number of phenols is 1. The van der Waals surface area contributed by atoms with Crippen LogP contribution in [-0.2, 0) is 11.5 Å². The van der Waals surface area contributed by atoms with E-state index in [1.165, 1.54) is 0 Å². The second-order valence-corrected chi connectivity index (χ2v) is 13.4. The fourth-order valence-electron chi connectivity index (χ4n) is 2.75. The van der Waals surface area contributed by atoms with Gasteiger partial charge in [0.25, 0.3) is 0 Å². The van der Waals surface area contributed by atoms with Crippen LogP contribution in [0, 0.1) is 0 Å². The SMILES string of the molecule is C[Si](C)(C)CCOCn1cc(-c2cccc(O)c2)c2c(Cl)nccc21.